The molecule has 4 aromatic carbocycles. The minimum absolute atomic E-state index is 0.0267. The van der Waals surface area contributed by atoms with Crippen molar-refractivity contribution >= 4 is 37.1 Å². The number of hydrogen-bond acceptors (Lipinski definition) is 4. The molecule has 0 aromatic heterocycles. The summed E-state index contributed by atoms with van der Waals surface area (Å²) >= 11 is -0.0669. The van der Waals surface area contributed by atoms with Crippen LogP contribution in [0.5, 0.6) is 5.75 Å². The van der Waals surface area contributed by atoms with Crippen LogP contribution in [0.1, 0.15) is 36.0 Å². The van der Waals surface area contributed by atoms with E-state index in [1.54, 1.807) is 23.8 Å². The molecule has 7 rings (SSSR count). The fourth-order valence-corrected chi connectivity index (χ4v) is 9.99. The van der Waals surface area contributed by atoms with Crippen molar-refractivity contribution in [1.29, 1.82) is 0 Å². The summed E-state index contributed by atoms with van der Waals surface area (Å²) in [4.78, 5) is 30.8. The van der Waals surface area contributed by atoms with Gasteiger partial charge in [-0.2, -0.15) is 0 Å². The normalized spacial score (nSPS) is 20.3. The van der Waals surface area contributed by atoms with E-state index < -0.39 is 10.5 Å². The third-order valence-electron chi connectivity index (χ3n) is 8.55. The molecule has 0 bridgehead atoms. The van der Waals surface area contributed by atoms with Crippen molar-refractivity contribution in [3.63, 3.8) is 0 Å². The first-order valence-electron chi connectivity index (χ1n) is 13.9. The van der Waals surface area contributed by atoms with Gasteiger partial charge in [-0.05, 0) is 0 Å². The monoisotopic (exact) mass is 610 g/mol. The Morgan fingerprint density at radius 3 is 2.22 bits per heavy atom. The number of hydrogen-bond donors (Lipinski definition) is 0. The summed E-state index contributed by atoms with van der Waals surface area (Å²) in [6.07, 6.45) is -0.104. The third-order valence-corrected chi connectivity index (χ3v) is 11.7. The maximum atomic E-state index is 14.0. The summed E-state index contributed by atoms with van der Waals surface area (Å²) in [5.74, 6) is 0.627. The Kier molecular flexibility index (Phi) is 6.37. The van der Waals surface area contributed by atoms with E-state index in [-0.39, 0.29) is 39.5 Å². The van der Waals surface area contributed by atoms with Crippen LogP contribution in [0, 0.1) is 0 Å². The van der Waals surface area contributed by atoms with Crippen LogP contribution in [0.15, 0.2) is 97.1 Å². The SMILES string of the molecule is COc1ccc2c(c1)C1([Se]c3ccccc3)CCN(C(=O)OCC3c4ccccc4-c4ccccc43)C1N2C(C)=O. The Bertz CT molecular complexity index is 1610. The average Bonchev–Trinajstić information content (AvgIpc) is 3.61. The summed E-state index contributed by atoms with van der Waals surface area (Å²) in [5.41, 5.74) is 6.65. The number of ether oxygens (including phenoxy) is 2. The molecule has 41 heavy (non-hydrogen) atoms. The molecule has 0 radical (unpaired) electrons. The van der Waals surface area contributed by atoms with Crippen LogP contribution in [0.2, 0.25) is 0 Å². The standard InChI is InChI=1S/C34H30N2O4Se/c1-22(37)36-31-17-16-23(39-2)20-30(31)34(41-24-10-4-3-5-11-24)18-19-35(32(34)36)33(38)40-21-29-27-14-8-6-12-25(27)26-13-7-9-15-28(26)29/h3-17,20,29,32H,18-19,21H2,1-2H3. The summed E-state index contributed by atoms with van der Waals surface area (Å²) in [5, 5.41) is 0. The van der Waals surface area contributed by atoms with Gasteiger partial charge >= 0.3 is 247 Å². The van der Waals surface area contributed by atoms with Crippen LogP contribution >= 0.6 is 0 Å². The summed E-state index contributed by atoms with van der Waals surface area (Å²) in [6.45, 7) is 2.33. The van der Waals surface area contributed by atoms with Gasteiger partial charge in [0, 0.05) is 0 Å². The van der Waals surface area contributed by atoms with Crippen molar-refractivity contribution in [1.82, 2.24) is 4.90 Å². The number of likely N-dealkylation sites (tertiary alicyclic amines) is 1. The molecule has 206 valence electrons. The number of amides is 2. The van der Waals surface area contributed by atoms with E-state index in [0.717, 1.165) is 23.4 Å². The Balaban J connectivity index is 1.23. The van der Waals surface area contributed by atoms with E-state index >= 15 is 0 Å². The topological polar surface area (TPSA) is 59.1 Å². The number of methoxy groups -OCH3 is 1. The molecule has 1 fully saturated rings. The molecule has 3 aliphatic rings. The number of carbonyl (C=O) groups excluding carboxylic acids is 2. The fourth-order valence-electron chi connectivity index (χ4n) is 6.80. The van der Waals surface area contributed by atoms with Crippen LogP contribution in [0.25, 0.3) is 11.1 Å². The van der Waals surface area contributed by atoms with Gasteiger partial charge in [-0.25, -0.2) is 0 Å². The minimum atomic E-state index is -0.460. The number of fused-ring (bicyclic) bond motifs is 6. The van der Waals surface area contributed by atoms with Gasteiger partial charge in [-0.15, -0.1) is 0 Å². The average molecular weight is 610 g/mol. The summed E-state index contributed by atoms with van der Waals surface area (Å²) in [6, 6.07) is 32.9. The van der Waals surface area contributed by atoms with Gasteiger partial charge in [0.05, 0.1) is 0 Å². The third kappa shape index (κ3) is 4.06. The van der Waals surface area contributed by atoms with Crippen molar-refractivity contribution in [3.8, 4) is 16.9 Å². The second-order valence-electron chi connectivity index (χ2n) is 10.7. The molecule has 2 atom stereocenters. The molecular weight excluding hydrogens is 579 g/mol. The summed E-state index contributed by atoms with van der Waals surface area (Å²) < 4.78 is 12.5. The van der Waals surface area contributed by atoms with Crippen molar-refractivity contribution in [2.24, 2.45) is 0 Å². The molecule has 0 saturated carbocycles. The molecule has 1 aliphatic carbocycles. The number of anilines is 1. The van der Waals surface area contributed by atoms with Gasteiger partial charge in [0.15, 0.2) is 0 Å². The Labute approximate surface area is 246 Å². The quantitative estimate of drug-likeness (QED) is 0.290. The van der Waals surface area contributed by atoms with Crippen LogP contribution < -0.4 is 14.1 Å². The zero-order valence-corrected chi connectivity index (χ0v) is 24.7. The van der Waals surface area contributed by atoms with Gasteiger partial charge in [-0.1, -0.05) is 0 Å². The van der Waals surface area contributed by atoms with E-state index in [0.29, 0.717) is 6.54 Å². The molecule has 0 N–H and O–H groups in total. The second-order valence-corrected chi connectivity index (χ2v) is 13.6. The first-order chi connectivity index (χ1) is 20.0. The maximum absolute atomic E-state index is 14.0. The molecule has 6 nitrogen and oxygen atoms in total. The molecule has 2 heterocycles. The molecule has 0 spiro atoms. The zero-order chi connectivity index (χ0) is 28.1. The summed E-state index contributed by atoms with van der Waals surface area (Å²) in [7, 11) is 1.66. The fraction of sp³-hybridized carbons (Fsp3) is 0.235. The molecule has 7 heteroatoms. The van der Waals surface area contributed by atoms with Crippen LogP contribution in [-0.4, -0.2) is 58.3 Å². The number of benzene rings is 4. The van der Waals surface area contributed by atoms with Crippen LogP contribution in [0.3, 0.4) is 0 Å². The zero-order valence-electron chi connectivity index (χ0n) is 22.9. The van der Waals surface area contributed by atoms with E-state index in [1.165, 1.54) is 26.7 Å². The molecule has 1 saturated heterocycles. The van der Waals surface area contributed by atoms with Gasteiger partial charge in [0.2, 0.25) is 0 Å². The Morgan fingerprint density at radius 1 is 0.902 bits per heavy atom. The van der Waals surface area contributed by atoms with Gasteiger partial charge in [-0.3, -0.25) is 0 Å². The predicted molar refractivity (Wildman–Crippen MR) is 160 cm³/mol. The van der Waals surface area contributed by atoms with E-state index in [1.807, 2.05) is 54.6 Å². The van der Waals surface area contributed by atoms with Gasteiger partial charge < -0.3 is 0 Å². The van der Waals surface area contributed by atoms with Crippen LogP contribution in [0.4, 0.5) is 10.5 Å². The van der Waals surface area contributed by atoms with Gasteiger partial charge in [0.1, 0.15) is 0 Å². The van der Waals surface area contributed by atoms with Gasteiger partial charge in [0.25, 0.3) is 0 Å². The molecule has 2 amide bonds. The van der Waals surface area contributed by atoms with Crippen LogP contribution in [-0.2, 0) is 13.8 Å². The van der Waals surface area contributed by atoms with E-state index in [9.17, 15) is 9.59 Å². The molecule has 2 aliphatic heterocycles. The van der Waals surface area contributed by atoms with Crippen molar-refractivity contribution in [2.75, 3.05) is 25.2 Å². The first-order valence-corrected chi connectivity index (χ1v) is 15.6. The Hall–Kier alpha value is -4.06. The van der Waals surface area contributed by atoms with E-state index in [4.69, 9.17) is 9.47 Å². The van der Waals surface area contributed by atoms with Crippen molar-refractivity contribution < 1.29 is 19.1 Å². The second kappa shape index (κ2) is 10.1. The number of rotatable bonds is 5. The van der Waals surface area contributed by atoms with Crippen molar-refractivity contribution in [3.05, 3.63) is 114 Å². The number of carbonyl (C=O) groups is 2. The van der Waals surface area contributed by atoms with Crippen molar-refractivity contribution in [2.45, 2.75) is 29.7 Å². The molecular formula is C34H30N2O4Se. The molecule has 4 aromatic rings. The number of nitrogens with zero attached hydrogens (tertiary/aromatic N) is 2. The predicted octanol–water partition coefficient (Wildman–Crippen LogP) is 5.27. The first kappa shape index (κ1) is 25.9. The Morgan fingerprint density at radius 2 is 1.56 bits per heavy atom. The molecule has 2 unspecified atom stereocenters. The van der Waals surface area contributed by atoms with E-state index in [2.05, 4.69) is 42.5 Å².